The number of esters is 1. The van der Waals surface area contributed by atoms with Crippen LogP contribution in [0, 0.1) is 12.3 Å². The van der Waals surface area contributed by atoms with Gasteiger partial charge in [-0.1, -0.05) is 42.5 Å². The van der Waals surface area contributed by atoms with Gasteiger partial charge in [0.05, 0.1) is 12.6 Å². The highest BCUT2D eigenvalue weighted by Crippen LogP contribution is 2.30. The molecule has 8 heteroatoms. The molecule has 168 valence electrons. The number of amides is 1. The third kappa shape index (κ3) is 5.15. The maximum absolute atomic E-state index is 13.4. The van der Waals surface area contributed by atoms with E-state index in [4.69, 9.17) is 15.9 Å². The Bertz CT molecular complexity index is 1120. The number of amidine groups is 1. The molecule has 3 rings (SSSR count). The molecule has 1 amide bonds. The summed E-state index contributed by atoms with van der Waals surface area (Å²) in [6.45, 7) is 5.90. The van der Waals surface area contributed by atoms with Gasteiger partial charge in [-0.05, 0) is 38.0 Å². The maximum Gasteiger partial charge on any atom is 0.355 e. The average molecular weight is 436 g/mol. The second-order valence-electron chi connectivity index (χ2n) is 7.66. The lowest BCUT2D eigenvalue weighted by molar-refractivity contribution is -0.123. The molecule has 0 aliphatic heterocycles. The van der Waals surface area contributed by atoms with Crippen LogP contribution in [0.25, 0.3) is 10.9 Å². The van der Waals surface area contributed by atoms with Crippen LogP contribution in [0.3, 0.4) is 0 Å². The molecule has 1 aromatic heterocycles. The number of H-pyrrole nitrogens is 1. The van der Waals surface area contributed by atoms with Gasteiger partial charge in [0.1, 0.15) is 17.6 Å². The van der Waals surface area contributed by atoms with Gasteiger partial charge >= 0.3 is 5.97 Å². The number of benzene rings is 2. The number of nitrogens with one attached hydrogen (secondary N) is 4. The number of ether oxygens (including phenoxy) is 1. The maximum atomic E-state index is 13.4. The van der Waals surface area contributed by atoms with E-state index in [-0.39, 0.29) is 24.0 Å². The first-order valence-corrected chi connectivity index (χ1v) is 10.5. The largest absolute Gasteiger partial charge is 0.461 e. The van der Waals surface area contributed by atoms with Gasteiger partial charge in [0.25, 0.3) is 0 Å². The molecule has 0 spiro atoms. The number of fused-ring (bicyclic) bond motifs is 1. The molecular formula is C24H29N5O3. The van der Waals surface area contributed by atoms with Crippen molar-refractivity contribution >= 4 is 28.6 Å². The molecule has 0 fully saturated rings. The Morgan fingerprint density at radius 3 is 2.56 bits per heavy atom. The highest BCUT2D eigenvalue weighted by Gasteiger charge is 2.31. The van der Waals surface area contributed by atoms with Crippen LogP contribution in [0.2, 0.25) is 0 Å². The average Bonchev–Trinajstić information content (AvgIpc) is 3.14. The van der Waals surface area contributed by atoms with Crippen molar-refractivity contribution in [2.75, 3.05) is 6.61 Å². The van der Waals surface area contributed by atoms with Crippen molar-refractivity contribution in [3.05, 3.63) is 70.9 Å². The highest BCUT2D eigenvalue weighted by molar-refractivity contribution is 6.02. The summed E-state index contributed by atoms with van der Waals surface area (Å²) < 4.78 is 5.24. The Labute approximate surface area is 187 Å². The molecule has 0 saturated carbocycles. The van der Waals surface area contributed by atoms with Crippen molar-refractivity contribution in [1.29, 1.82) is 5.41 Å². The van der Waals surface area contributed by atoms with Gasteiger partial charge in [0.15, 0.2) is 0 Å². The second kappa shape index (κ2) is 10.1. The van der Waals surface area contributed by atoms with Crippen LogP contribution in [0.1, 0.15) is 47.1 Å². The number of hydrogen-bond acceptors (Lipinski definition) is 5. The van der Waals surface area contributed by atoms with Crippen molar-refractivity contribution in [2.24, 2.45) is 5.73 Å². The zero-order valence-corrected chi connectivity index (χ0v) is 18.5. The molecule has 0 radical (unpaired) electrons. The number of carbonyl (C=O) groups is 2. The number of rotatable bonds is 9. The van der Waals surface area contributed by atoms with E-state index in [2.05, 4.69) is 15.6 Å². The minimum Gasteiger partial charge on any atom is -0.461 e. The molecule has 2 atom stereocenters. The van der Waals surface area contributed by atoms with E-state index in [0.29, 0.717) is 12.1 Å². The third-order valence-electron chi connectivity index (χ3n) is 5.22. The second-order valence-corrected chi connectivity index (χ2v) is 7.66. The van der Waals surface area contributed by atoms with E-state index < -0.39 is 18.1 Å². The van der Waals surface area contributed by atoms with Crippen LogP contribution >= 0.6 is 0 Å². The molecule has 0 aliphatic carbocycles. The van der Waals surface area contributed by atoms with Crippen molar-refractivity contribution in [3.8, 4) is 0 Å². The summed E-state index contributed by atoms with van der Waals surface area (Å²) in [4.78, 5) is 29.3. The Balaban J connectivity index is 2.06. The lowest BCUT2D eigenvalue weighted by Crippen LogP contribution is -2.46. The monoisotopic (exact) mass is 435 g/mol. The predicted octanol–water partition coefficient (Wildman–Crippen LogP) is 2.92. The van der Waals surface area contributed by atoms with Crippen LogP contribution < -0.4 is 16.4 Å². The number of hydrogen-bond donors (Lipinski definition) is 5. The zero-order chi connectivity index (χ0) is 23.3. The van der Waals surface area contributed by atoms with Crippen molar-refractivity contribution < 1.29 is 14.3 Å². The first kappa shape index (κ1) is 23.0. The molecule has 0 saturated heterocycles. The summed E-state index contributed by atoms with van der Waals surface area (Å²) in [6.07, 6.45) is 0. The standard InChI is InChI=1S/C24H29N5O3/c1-4-32-24(31)21-19(17-11-10-14(2)12-18(17)29-21)20(28-15(3)22(25)26)23(30)27-13-16-8-6-5-7-9-16/h5-12,15,20,28-29H,4,13H2,1-3H3,(H3,25,26)(H,27,30). The normalized spacial score (nSPS) is 12.8. The SMILES string of the molecule is CCOC(=O)c1[nH]c2cc(C)ccc2c1C(NC(C)C(=N)N)C(=O)NCc1ccccc1. The lowest BCUT2D eigenvalue weighted by atomic mass is 9.99. The van der Waals surface area contributed by atoms with Gasteiger partial charge in [-0.15, -0.1) is 0 Å². The fraction of sp³-hybridized carbons (Fsp3) is 0.292. The molecule has 6 N–H and O–H groups in total. The quantitative estimate of drug-likeness (QED) is 0.200. The van der Waals surface area contributed by atoms with Gasteiger partial charge in [-0.2, -0.15) is 0 Å². The molecular weight excluding hydrogens is 406 g/mol. The van der Waals surface area contributed by atoms with Crippen LogP contribution in [0.15, 0.2) is 48.5 Å². The molecule has 2 unspecified atom stereocenters. The Morgan fingerprint density at radius 2 is 1.91 bits per heavy atom. The molecule has 1 heterocycles. The molecule has 3 aromatic rings. The molecule has 32 heavy (non-hydrogen) atoms. The Morgan fingerprint density at radius 1 is 1.19 bits per heavy atom. The van der Waals surface area contributed by atoms with Crippen LogP contribution in [-0.4, -0.2) is 35.3 Å². The Kier molecular flexibility index (Phi) is 7.27. The fourth-order valence-corrected chi connectivity index (χ4v) is 3.51. The van der Waals surface area contributed by atoms with Crippen LogP contribution in [0.5, 0.6) is 0 Å². The number of aromatic nitrogens is 1. The first-order chi connectivity index (χ1) is 15.3. The van der Waals surface area contributed by atoms with E-state index in [1.807, 2.05) is 55.5 Å². The van der Waals surface area contributed by atoms with E-state index in [1.54, 1.807) is 13.8 Å². The minimum absolute atomic E-state index is 0.112. The van der Waals surface area contributed by atoms with Crippen molar-refractivity contribution in [1.82, 2.24) is 15.6 Å². The summed E-state index contributed by atoms with van der Waals surface area (Å²) in [5, 5.41) is 14.5. The molecule has 2 aromatic carbocycles. The van der Waals surface area contributed by atoms with Gasteiger partial charge < -0.3 is 20.8 Å². The summed E-state index contributed by atoms with van der Waals surface area (Å²) in [6, 6.07) is 13.7. The van der Waals surface area contributed by atoms with Crippen molar-refractivity contribution in [2.45, 2.75) is 39.4 Å². The highest BCUT2D eigenvalue weighted by atomic mass is 16.5. The van der Waals surface area contributed by atoms with Crippen LogP contribution in [-0.2, 0) is 16.1 Å². The molecule has 0 aliphatic rings. The van der Waals surface area contributed by atoms with E-state index in [1.165, 1.54) is 0 Å². The van der Waals surface area contributed by atoms with E-state index in [0.717, 1.165) is 22.0 Å². The number of nitrogens with two attached hydrogens (primary N) is 1. The van der Waals surface area contributed by atoms with Gasteiger partial charge in [0, 0.05) is 23.0 Å². The molecule has 0 bridgehead atoms. The van der Waals surface area contributed by atoms with E-state index >= 15 is 0 Å². The fourth-order valence-electron chi connectivity index (χ4n) is 3.51. The van der Waals surface area contributed by atoms with Gasteiger partial charge in [-0.25, -0.2) is 4.79 Å². The van der Waals surface area contributed by atoms with Crippen LogP contribution in [0.4, 0.5) is 0 Å². The van der Waals surface area contributed by atoms with Crippen molar-refractivity contribution in [3.63, 3.8) is 0 Å². The number of aryl methyl sites for hydroxylation is 1. The number of carbonyl (C=O) groups excluding carboxylic acids is 2. The summed E-state index contributed by atoms with van der Waals surface area (Å²) in [5.41, 5.74) is 9.02. The minimum atomic E-state index is -0.937. The Hall–Kier alpha value is -3.65. The molecule has 8 nitrogen and oxygen atoms in total. The topological polar surface area (TPSA) is 133 Å². The predicted molar refractivity (Wildman–Crippen MR) is 125 cm³/mol. The third-order valence-corrected chi connectivity index (χ3v) is 5.22. The van der Waals surface area contributed by atoms with E-state index in [9.17, 15) is 9.59 Å². The van der Waals surface area contributed by atoms with Gasteiger partial charge in [0.2, 0.25) is 5.91 Å². The summed E-state index contributed by atoms with van der Waals surface area (Å²) in [7, 11) is 0. The first-order valence-electron chi connectivity index (χ1n) is 10.5. The lowest BCUT2D eigenvalue weighted by Gasteiger charge is -2.23. The number of aromatic amines is 1. The summed E-state index contributed by atoms with van der Waals surface area (Å²) in [5.74, 6) is -0.998. The smallest absolute Gasteiger partial charge is 0.355 e. The zero-order valence-electron chi connectivity index (χ0n) is 18.5. The summed E-state index contributed by atoms with van der Waals surface area (Å²) >= 11 is 0. The van der Waals surface area contributed by atoms with Gasteiger partial charge in [-0.3, -0.25) is 15.5 Å².